The molecule has 2 heterocycles. The molecule has 3 aromatic rings. The Kier molecular flexibility index (Phi) is 4.22. The summed E-state index contributed by atoms with van der Waals surface area (Å²) in [5, 5.41) is 0. The molecule has 0 saturated heterocycles. The summed E-state index contributed by atoms with van der Waals surface area (Å²) < 4.78 is 15.2. The highest BCUT2D eigenvalue weighted by Crippen LogP contribution is 2.35. The van der Waals surface area contributed by atoms with Gasteiger partial charge in [-0.25, -0.2) is 9.18 Å². The van der Waals surface area contributed by atoms with Gasteiger partial charge < -0.3 is 4.98 Å². The summed E-state index contributed by atoms with van der Waals surface area (Å²) in [6, 6.07) is 10.3. The van der Waals surface area contributed by atoms with E-state index in [-0.39, 0.29) is 17.5 Å². The van der Waals surface area contributed by atoms with Crippen molar-refractivity contribution in [1.29, 1.82) is 0 Å². The Morgan fingerprint density at radius 1 is 0.960 bits per heavy atom. The number of rotatable bonds is 3. The van der Waals surface area contributed by atoms with E-state index in [0.29, 0.717) is 0 Å². The monoisotopic (exact) mass is 337 g/mol. The Balaban J connectivity index is 1.92. The van der Waals surface area contributed by atoms with E-state index >= 15 is 0 Å². The molecule has 0 amide bonds. The zero-order valence-electron chi connectivity index (χ0n) is 13.9. The highest BCUT2D eigenvalue weighted by molar-refractivity contribution is 5.78. The number of pyridine rings is 1. The van der Waals surface area contributed by atoms with Crippen LogP contribution in [0, 0.1) is 5.82 Å². The predicted octanol–water partition coefficient (Wildman–Crippen LogP) is 4.55. The Bertz CT molecular complexity index is 906. The maximum Gasteiger partial charge on any atom is 0.326 e. The lowest BCUT2D eigenvalue weighted by Crippen LogP contribution is -2.24. The molecule has 1 fully saturated rings. The molecule has 1 aliphatic carbocycles. The molecule has 128 valence electrons. The summed E-state index contributed by atoms with van der Waals surface area (Å²) >= 11 is 0. The summed E-state index contributed by atoms with van der Waals surface area (Å²) in [4.78, 5) is 19.9. The molecule has 1 aliphatic rings. The average Bonchev–Trinajstić information content (AvgIpc) is 3.01. The normalized spacial score (nSPS) is 15.4. The van der Waals surface area contributed by atoms with Gasteiger partial charge in [0, 0.05) is 29.6 Å². The number of hydrogen-bond donors (Lipinski definition) is 1. The summed E-state index contributed by atoms with van der Waals surface area (Å²) in [7, 11) is 0. The van der Waals surface area contributed by atoms with Crippen LogP contribution >= 0.6 is 0 Å². The van der Waals surface area contributed by atoms with E-state index in [0.717, 1.165) is 48.2 Å². The second-order valence-corrected chi connectivity index (χ2v) is 6.56. The quantitative estimate of drug-likeness (QED) is 0.762. The average molecular weight is 337 g/mol. The lowest BCUT2D eigenvalue weighted by Gasteiger charge is -2.24. The minimum Gasteiger partial charge on any atom is -0.305 e. The molecule has 0 atom stereocenters. The van der Waals surface area contributed by atoms with Crippen molar-refractivity contribution in [2.75, 3.05) is 0 Å². The SMILES string of the molecule is O=c1[nH]c(-c2ccc(F)cc2)c(-c2ccncc2)n1C1CCCCC1. The minimum absolute atomic E-state index is 0.0990. The molecule has 0 radical (unpaired) electrons. The van der Waals surface area contributed by atoms with Gasteiger partial charge in [0.25, 0.3) is 0 Å². The van der Waals surface area contributed by atoms with E-state index in [1.807, 2.05) is 16.7 Å². The number of hydrogen-bond acceptors (Lipinski definition) is 2. The maximum absolute atomic E-state index is 13.3. The van der Waals surface area contributed by atoms with Gasteiger partial charge in [-0.15, -0.1) is 0 Å². The zero-order valence-corrected chi connectivity index (χ0v) is 13.9. The molecule has 1 aromatic carbocycles. The first-order valence-corrected chi connectivity index (χ1v) is 8.75. The topological polar surface area (TPSA) is 50.7 Å². The van der Waals surface area contributed by atoms with Crippen LogP contribution in [0.4, 0.5) is 4.39 Å². The van der Waals surface area contributed by atoms with Crippen LogP contribution in [-0.4, -0.2) is 14.5 Å². The largest absolute Gasteiger partial charge is 0.326 e. The Morgan fingerprint density at radius 3 is 2.32 bits per heavy atom. The summed E-state index contributed by atoms with van der Waals surface area (Å²) in [6.45, 7) is 0. The van der Waals surface area contributed by atoms with Gasteiger partial charge in [-0.3, -0.25) is 9.55 Å². The van der Waals surface area contributed by atoms with Gasteiger partial charge >= 0.3 is 5.69 Å². The lowest BCUT2D eigenvalue weighted by atomic mass is 9.94. The van der Waals surface area contributed by atoms with Crippen molar-refractivity contribution < 1.29 is 4.39 Å². The molecule has 1 saturated carbocycles. The molecule has 1 N–H and O–H groups in total. The number of H-pyrrole nitrogens is 1. The molecule has 0 spiro atoms. The first kappa shape index (κ1) is 15.8. The van der Waals surface area contributed by atoms with Gasteiger partial charge in [-0.1, -0.05) is 19.3 Å². The molecule has 0 unspecified atom stereocenters. The van der Waals surface area contributed by atoms with Crippen molar-refractivity contribution in [2.24, 2.45) is 0 Å². The predicted molar refractivity (Wildman–Crippen MR) is 95.8 cm³/mol. The number of nitrogens with one attached hydrogen (secondary N) is 1. The summed E-state index contributed by atoms with van der Waals surface area (Å²) in [6.07, 6.45) is 9.00. The highest BCUT2D eigenvalue weighted by Gasteiger charge is 2.24. The second kappa shape index (κ2) is 6.67. The van der Waals surface area contributed by atoms with E-state index in [9.17, 15) is 9.18 Å². The molecule has 4 rings (SSSR count). The lowest BCUT2D eigenvalue weighted by molar-refractivity contribution is 0.349. The molecule has 25 heavy (non-hydrogen) atoms. The second-order valence-electron chi connectivity index (χ2n) is 6.56. The van der Waals surface area contributed by atoms with Crippen LogP contribution in [0.1, 0.15) is 38.1 Å². The number of benzene rings is 1. The van der Waals surface area contributed by atoms with E-state index in [1.165, 1.54) is 18.6 Å². The van der Waals surface area contributed by atoms with Gasteiger partial charge in [0.2, 0.25) is 0 Å². The van der Waals surface area contributed by atoms with Crippen LogP contribution in [0.3, 0.4) is 0 Å². The van der Waals surface area contributed by atoms with Crippen LogP contribution in [0.15, 0.2) is 53.6 Å². The van der Waals surface area contributed by atoms with Gasteiger partial charge in [0.1, 0.15) is 5.82 Å². The van der Waals surface area contributed by atoms with Gasteiger partial charge in [0.15, 0.2) is 0 Å². The van der Waals surface area contributed by atoms with E-state index in [2.05, 4.69) is 9.97 Å². The van der Waals surface area contributed by atoms with E-state index in [4.69, 9.17) is 0 Å². The standard InChI is InChI=1S/C20H20FN3O/c21-16-8-6-14(7-9-16)18-19(15-10-12-22-13-11-15)24(20(25)23-18)17-4-2-1-3-5-17/h6-13,17H,1-5H2,(H,23,25). The molecule has 0 bridgehead atoms. The van der Waals surface area contributed by atoms with Crippen molar-refractivity contribution in [3.63, 3.8) is 0 Å². The number of aromatic nitrogens is 3. The Hall–Kier alpha value is -2.69. The summed E-state index contributed by atoms with van der Waals surface area (Å²) in [5.41, 5.74) is 3.25. The molecule has 4 nitrogen and oxygen atoms in total. The van der Waals surface area contributed by atoms with Crippen molar-refractivity contribution >= 4 is 0 Å². The van der Waals surface area contributed by atoms with Crippen LogP contribution in [0.2, 0.25) is 0 Å². The van der Waals surface area contributed by atoms with Crippen molar-refractivity contribution in [3.05, 3.63) is 65.1 Å². The number of imidazole rings is 1. The smallest absolute Gasteiger partial charge is 0.305 e. The van der Waals surface area contributed by atoms with Gasteiger partial charge in [-0.05, 0) is 49.2 Å². The van der Waals surface area contributed by atoms with Crippen molar-refractivity contribution in [1.82, 2.24) is 14.5 Å². The van der Waals surface area contributed by atoms with E-state index < -0.39 is 0 Å². The zero-order chi connectivity index (χ0) is 17.2. The highest BCUT2D eigenvalue weighted by atomic mass is 19.1. The van der Waals surface area contributed by atoms with Crippen molar-refractivity contribution in [2.45, 2.75) is 38.1 Å². The fourth-order valence-corrected chi connectivity index (χ4v) is 3.75. The van der Waals surface area contributed by atoms with Crippen molar-refractivity contribution in [3.8, 4) is 22.5 Å². The maximum atomic E-state index is 13.3. The van der Waals surface area contributed by atoms with E-state index in [1.54, 1.807) is 24.5 Å². The molecular weight excluding hydrogens is 317 g/mol. The first-order valence-electron chi connectivity index (χ1n) is 8.75. The van der Waals surface area contributed by atoms with Crippen LogP contribution in [0.25, 0.3) is 22.5 Å². The third-order valence-corrected chi connectivity index (χ3v) is 4.95. The van der Waals surface area contributed by atoms with Gasteiger partial charge in [-0.2, -0.15) is 0 Å². The molecule has 0 aliphatic heterocycles. The summed E-state index contributed by atoms with van der Waals surface area (Å²) in [5.74, 6) is -0.289. The number of halogens is 1. The van der Waals surface area contributed by atoms with Crippen LogP contribution in [-0.2, 0) is 0 Å². The third-order valence-electron chi connectivity index (χ3n) is 4.95. The third kappa shape index (κ3) is 3.02. The fraction of sp³-hybridized carbons (Fsp3) is 0.300. The molecule has 5 heteroatoms. The fourth-order valence-electron chi connectivity index (χ4n) is 3.75. The minimum atomic E-state index is -0.289. The number of aromatic amines is 1. The Labute approximate surface area is 145 Å². The molecule has 2 aromatic heterocycles. The molecular formula is C20H20FN3O. The van der Waals surface area contributed by atoms with Crippen LogP contribution < -0.4 is 5.69 Å². The number of nitrogens with zero attached hydrogens (tertiary/aromatic N) is 2. The van der Waals surface area contributed by atoms with Crippen LogP contribution in [0.5, 0.6) is 0 Å². The first-order chi connectivity index (χ1) is 12.2. The van der Waals surface area contributed by atoms with Gasteiger partial charge in [0.05, 0.1) is 11.4 Å². The Morgan fingerprint density at radius 2 is 1.64 bits per heavy atom.